The minimum absolute atomic E-state index is 0.628. The molecule has 2 aromatic heterocycles. The van der Waals surface area contributed by atoms with Crippen molar-refractivity contribution in [1.29, 1.82) is 0 Å². The maximum atomic E-state index is 5.45. The first-order valence-electron chi connectivity index (χ1n) is 11.1. The second kappa shape index (κ2) is 9.46. The van der Waals surface area contributed by atoms with E-state index >= 15 is 0 Å². The molecule has 0 saturated carbocycles. The normalized spacial score (nSPS) is 16.4. The van der Waals surface area contributed by atoms with Gasteiger partial charge in [-0.05, 0) is 35.4 Å². The molecule has 5 rings (SSSR count). The second-order valence-corrected chi connectivity index (χ2v) is 8.16. The molecule has 0 radical (unpaired) electrons. The van der Waals surface area contributed by atoms with Gasteiger partial charge < -0.3 is 24.7 Å². The van der Waals surface area contributed by atoms with Gasteiger partial charge in [-0.15, -0.1) is 0 Å². The Morgan fingerprint density at radius 1 is 1.09 bits per heavy atom. The molecule has 4 heterocycles. The van der Waals surface area contributed by atoms with E-state index in [1.165, 1.54) is 22.5 Å². The SMILES string of the molecule is COc1cc(CNC2=CN(c3ccc(CN4CCOCC4)cc3)Cc3[nH]ccc32)ccn1. The van der Waals surface area contributed by atoms with Gasteiger partial charge in [0.2, 0.25) is 5.88 Å². The number of benzene rings is 1. The number of morpholine rings is 1. The smallest absolute Gasteiger partial charge is 0.213 e. The van der Waals surface area contributed by atoms with E-state index in [0.717, 1.165) is 50.7 Å². The van der Waals surface area contributed by atoms with E-state index in [4.69, 9.17) is 9.47 Å². The van der Waals surface area contributed by atoms with E-state index in [2.05, 4.69) is 61.6 Å². The van der Waals surface area contributed by atoms with Crippen LogP contribution in [0.4, 0.5) is 5.69 Å². The van der Waals surface area contributed by atoms with Gasteiger partial charge in [-0.2, -0.15) is 0 Å². The van der Waals surface area contributed by atoms with E-state index in [1.807, 2.05) is 18.3 Å². The van der Waals surface area contributed by atoms with Crippen molar-refractivity contribution >= 4 is 11.4 Å². The molecule has 0 unspecified atom stereocenters. The minimum Gasteiger partial charge on any atom is -0.481 e. The number of ether oxygens (including phenoxy) is 2. The summed E-state index contributed by atoms with van der Waals surface area (Å²) in [7, 11) is 1.64. The molecule has 0 aliphatic carbocycles. The molecule has 0 bridgehead atoms. The lowest BCUT2D eigenvalue weighted by molar-refractivity contribution is 0.0342. The number of aromatic nitrogens is 2. The second-order valence-electron chi connectivity index (χ2n) is 8.16. The van der Waals surface area contributed by atoms with Crippen molar-refractivity contribution in [2.45, 2.75) is 19.6 Å². The lowest BCUT2D eigenvalue weighted by Gasteiger charge is -2.29. The Labute approximate surface area is 188 Å². The molecule has 2 aliphatic rings. The lowest BCUT2D eigenvalue weighted by atomic mass is 10.1. The molecular formula is C25H29N5O2. The molecule has 2 aliphatic heterocycles. The minimum atomic E-state index is 0.628. The number of methoxy groups -OCH3 is 1. The number of H-pyrrole nitrogens is 1. The molecule has 7 nitrogen and oxygen atoms in total. The Morgan fingerprint density at radius 3 is 2.75 bits per heavy atom. The third-order valence-corrected chi connectivity index (χ3v) is 6.01. The molecule has 166 valence electrons. The van der Waals surface area contributed by atoms with Gasteiger partial charge in [0.15, 0.2) is 0 Å². The summed E-state index contributed by atoms with van der Waals surface area (Å²) in [5, 5.41) is 3.59. The van der Waals surface area contributed by atoms with Gasteiger partial charge in [0, 0.05) is 67.8 Å². The number of hydrogen-bond donors (Lipinski definition) is 2. The van der Waals surface area contributed by atoms with Crippen LogP contribution >= 0.6 is 0 Å². The molecular weight excluding hydrogens is 402 g/mol. The van der Waals surface area contributed by atoms with Crippen molar-refractivity contribution in [2.75, 3.05) is 38.3 Å². The highest BCUT2D eigenvalue weighted by molar-refractivity contribution is 5.72. The molecule has 32 heavy (non-hydrogen) atoms. The van der Waals surface area contributed by atoms with Gasteiger partial charge in [0.1, 0.15) is 0 Å². The Balaban J connectivity index is 1.30. The van der Waals surface area contributed by atoms with E-state index in [0.29, 0.717) is 12.4 Å². The van der Waals surface area contributed by atoms with Crippen molar-refractivity contribution < 1.29 is 9.47 Å². The lowest BCUT2D eigenvalue weighted by Crippen LogP contribution is -2.35. The number of nitrogens with one attached hydrogen (secondary N) is 2. The predicted molar refractivity (Wildman–Crippen MR) is 125 cm³/mol. The number of nitrogens with zero attached hydrogens (tertiary/aromatic N) is 3. The molecule has 0 spiro atoms. The number of anilines is 1. The summed E-state index contributed by atoms with van der Waals surface area (Å²) in [6, 6.07) is 15.0. The maximum Gasteiger partial charge on any atom is 0.213 e. The Kier molecular flexibility index (Phi) is 6.09. The predicted octanol–water partition coefficient (Wildman–Crippen LogP) is 3.36. The maximum absolute atomic E-state index is 5.45. The first-order chi connectivity index (χ1) is 15.8. The van der Waals surface area contributed by atoms with Gasteiger partial charge in [-0.3, -0.25) is 4.90 Å². The van der Waals surface area contributed by atoms with Crippen LogP contribution in [0.2, 0.25) is 0 Å². The van der Waals surface area contributed by atoms with Crippen molar-refractivity contribution in [2.24, 2.45) is 0 Å². The van der Waals surface area contributed by atoms with Crippen molar-refractivity contribution in [3.8, 4) is 5.88 Å². The highest BCUT2D eigenvalue weighted by Crippen LogP contribution is 2.29. The van der Waals surface area contributed by atoms with Gasteiger partial charge in [-0.25, -0.2) is 4.98 Å². The molecule has 0 atom stereocenters. The number of hydrogen-bond acceptors (Lipinski definition) is 6. The van der Waals surface area contributed by atoms with Gasteiger partial charge in [0.25, 0.3) is 0 Å². The number of rotatable bonds is 7. The quantitative estimate of drug-likeness (QED) is 0.598. The Hall–Kier alpha value is -3.29. The summed E-state index contributed by atoms with van der Waals surface area (Å²) >= 11 is 0. The van der Waals surface area contributed by atoms with Crippen LogP contribution in [-0.4, -0.2) is 48.3 Å². The fourth-order valence-corrected chi connectivity index (χ4v) is 4.21. The third kappa shape index (κ3) is 4.64. The van der Waals surface area contributed by atoms with E-state index in [1.54, 1.807) is 13.3 Å². The standard InChI is InChI=1S/C25H29N5O2/c1-31-25-14-20(6-8-27-25)15-28-24-18-30(17-23-22(24)7-9-26-23)21-4-2-19(3-5-21)16-29-10-12-32-13-11-29/h2-9,14,18,26,28H,10-13,15-17H2,1H3. The summed E-state index contributed by atoms with van der Waals surface area (Å²) in [6.07, 6.45) is 5.98. The fraction of sp³-hybridized carbons (Fsp3) is 0.320. The first kappa shape index (κ1) is 20.6. The molecule has 7 heteroatoms. The van der Waals surface area contributed by atoms with E-state index in [-0.39, 0.29) is 0 Å². The average molecular weight is 432 g/mol. The van der Waals surface area contributed by atoms with Crippen LogP contribution in [0.25, 0.3) is 5.70 Å². The Bertz CT molecular complexity index is 1070. The molecule has 1 saturated heterocycles. The molecule has 1 aromatic carbocycles. The van der Waals surface area contributed by atoms with Crippen LogP contribution in [0.3, 0.4) is 0 Å². The highest BCUT2D eigenvalue weighted by atomic mass is 16.5. The molecule has 0 amide bonds. The van der Waals surface area contributed by atoms with Crippen molar-refractivity contribution in [1.82, 2.24) is 20.2 Å². The zero-order valence-corrected chi connectivity index (χ0v) is 18.4. The monoisotopic (exact) mass is 431 g/mol. The van der Waals surface area contributed by atoms with Crippen LogP contribution in [0.1, 0.15) is 22.4 Å². The third-order valence-electron chi connectivity index (χ3n) is 6.01. The van der Waals surface area contributed by atoms with Gasteiger partial charge in [0.05, 0.1) is 32.6 Å². The van der Waals surface area contributed by atoms with Crippen LogP contribution in [0.15, 0.2) is 61.1 Å². The summed E-state index contributed by atoms with van der Waals surface area (Å²) in [6.45, 7) is 6.16. The Morgan fingerprint density at radius 2 is 1.94 bits per heavy atom. The topological polar surface area (TPSA) is 65.7 Å². The van der Waals surface area contributed by atoms with Gasteiger partial charge >= 0.3 is 0 Å². The van der Waals surface area contributed by atoms with Gasteiger partial charge in [-0.1, -0.05) is 12.1 Å². The van der Waals surface area contributed by atoms with E-state index in [9.17, 15) is 0 Å². The zero-order valence-electron chi connectivity index (χ0n) is 18.4. The average Bonchev–Trinajstić information content (AvgIpc) is 3.33. The van der Waals surface area contributed by atoms with Crippen molar-refractivity contribution in [3.63, 3.8) is 0 Å². The van der Waals surface area contributed by atoms with Crippen LogP contribution < -0.4 is 15.0 Å². The number of fused-ring (bicyclic) bond motifs is 1. The van der Waals surface area contributed by atoms with Crippen LogP contribution in [-0.2, 0) is 24.4 Å². The highest BCUT2D eigenvalue weighted by Gasteiger charge is 2.19. The zero-order chi connectivity index (χ0) is 21.8. The summed E-state index contributed by atoms with van der Waals surface area (Å²) in [5.74, 6) is 0.628. The molecule has 1 fully saturated rings. The van der Waals surface area contributed by atoms with Crippen molar-refractivity contribution in [3.05, 3.63) is 83.4 Å². The first-order valence-corrected chi connectivity index (χ1v) is 11.1. The summed E-state index contributed by atoms with van der Waals surface area (Å²) < 4.78 is 10.7. The fourth-order valence-electron chi connectivity index (χ4n) is 4.21. The number of pyridine rings is 1. The van der Waals surface area contributed by atoms with E-state index < -0.39 is 0 Å². The summed E-state index contributed by atoms with van der Waals surface area (Å²) in [4.78, 5) is 12.3. The van der Waals surface area contributed by atoms with Crippen LogP contribution in [0, 0.1) is 0 Å². The molecule has 2 N–H and O–H groups in total. The van der Waals surface area contributed by atoms with Crippen LogP contribution in [0.5, 0.6) is 5.88 Å². The number of aromatic amines is 1. The molecule has 3 aromatic rings. The largest absolute Gasteiger partial charge is 0.481 e. The summed E-state index contributed by atoms with van der Waals surface area (Å²) in [5.41, 5.74) is 7.16.